The summed E-state index contributed by atoms with van der Waals surface area (Å²) < 4.78 is 37.1. The van der Waals surface area contributed by atoms with Crippen LogP contribution in [0.15, 0.2) is 60.7 Å². The summed E-state index contributed by atoms with van der Waals surface area (Å²) in [5.41, 5.74) is 7.22. The van der Waals surface area contributed by atoms with Crippen molar-refractivity contribution >= 4 is 0 Å². The van der Waals surface area contributed by atoms with Crippen molar-refractivity contribution in [3.05, 3.63) is 94.0 Å². The van der Waals surface area contributed by atoms with E-state index < -0.39 is 0 Å². The summed E-state index contributed by atoms with van der Waals surface area (Å²) >= 11 is 0. The fourth-order valence-corrected chi connectivity index (χ4v) is 7.33. The van der Waals surface area contributed by atoms with Crippen molar-refractivity contribution in [3.8, 4) is 46.0 Å². The number of hydrogen-bond donors (Lipinski definition) is 0. The summed E-state index contributed by atoms with van der Waals surface area (Å²) in [6, 6.07) is 21.3. The zero-order chi connectivity index (χ0) is 30.7. The summed E-state index contributed by atoms with van der Waals surface area (Å²) in [6.07, 6.45) is 3.41. The van der Waals surface area contributed by atoms with Crippen LogP contribution in [-0.4, -0.2) is 58.0 Å². The Kier molecular flexibility index (Phi) is 6.99. The van der Waals surface area contributed by atoms with Crippen LogP contribution in [0.2, 0.25) is 0 Å². The molecular weight excluding hydrogens is 568 g/mol. The first-order valence-corrected chi connectivity index (χ1v) is 15.7. The molecule has 0 unspecified atom stereocenters. The molecule has 2 atom stereocenters. The molecule has 0 radical (unpaired) electrons. The second-order valence-corrected chi connectivity index (χ2v) is 12.5. The number of methoxy groups -OCH3 is 2. The maximum absolute atomic E-state index is 7.01. The highest BCUT2D eigenvalue weighted by atomic mass is 16.7. The van der Waals surface area contributed by atoms with Gasteiger partial charge in [0, 0.05) is 36.8 Å². The van der Waals surface area contributed by atoms with Crippen LogP contribution in [0.4, 0.5) is 0 Å². The van der Waals surface area contributed by atoms with Gasteiger partial charge >= 0.3 is 0 Å². The summed E-state index contributed by atoms with van der Waals surface area (Å²) in [5, 5.41) is 0. The van der Waals surface area contributed by atoms with Gasteiger partial charge in [-0.1, -0.05) is 12.1 Å². The van der Waals surface area contributed by atoms with Gasteiger partial charge in [0.25, 0.3) is 0 Å². The van der Waals surface area contributed by atoms with Crippen LogP contribution in [-0.2, 0) is 25.7 Å². The molecule has 45 heavy (non-hydrogen) atoms. The molecule has 0 spiro atoms. The number of fused-ring (bicyclic) bond motifs is 3. The molecule has 0 amide bonds. The molecule has 0 saturated carbocycles. The topological polar surface area (TPSA) is 61.9 Å². The number of benzene rings is 4. The third-order valence-electron chi connectivity index (χ3n) is 9.80. The molecule has 0 aliphatic carbocycles. The van der Waals surface area contributed by atoms with Gasteiger partial charge in [0.1, 0.15) is 17.2 Å². The highest BCUT2D eigenvalue weighted by Gasteiger charge is 2.36. The van der Waals surface area contributed by atoms with Crippen molar-refractivity contribution in [2.24, 2.45) is 0 Å². The number of rotatable bonds is 2. The predicted octanol–water partition coefficient (Wildman–Crippen LogP) is 6.87. The smallest absolute Gasteiger partial charge is 0.231 e. The van der Waals surface area contributed by atoms with E-state index in [0.717, 1.165) is 72.9 Å². The molecular formula is C37H38N2O6. The van der Waals surface area contributed by atoms with E-state index >= 15 is 0 Å². The Morgan fingerprint density at radius 2 is 1.44 bits per heavy atom. The first-order valence-electron chi connectivity index (χ1n) is 15.7. The molecule has 5 aliphatic rings. The average molecular weight is 607 g/mol. The molecule has 232 valence electrons. The Morgan fingerprint density at radius 3 is 2.24 bits per heavy atom. The van der Waals surface area contributed by atoms with Crippen molar-refractivity contribution in [2.45, 2.75) is 37.8 Å². The maximum atomic E-state index is 7.01. The van der Waals surface area contributed by atoms with Gasteiger partial charge in [-0.25, -0.2) is 0 Å². The van der Waals surface area contributed by atoms with Crippen LogP contribution >= 0.6 is 0 Å². The molecule has 0 aromatic heterocycles. The lowest BCUT2D eigenvalue weighted by Gasteiger charge is -2.37. The highest BCUT2D eigenvalue weighted by molar-refractivity contribution is 5.64. The molecule has 8 heteroatoms. The normalized spacial score (nSPS) is 20.4. The van der Waals surface area contributed by atoms with Crippen LogP contribution in [0.3, 0.4) is 0 Å². The molecule has 4 aromatic rings. The fourth-order valence-electron chi connectivity index (χ4n) is 7.33. The first-order chi connectivity index (χ1) is 22.0. The van der Waals surface area contributed by atoms with Crippen molar-refractivity contribution in [2.75, 3.05) is 48.2 Å². The maximum Gasteiger partial charge on any atom is 0.231 e. The highest BCUT2D eigenvalue weighted by Crippen LogP contribution is 2.53. The quantitative estimate of drug-likeness (QED) is 0.245. The summed E-state index contributed by atoms with van der Waals surface area (Å²) in [5.74, 6) is 5.82. The monoisotopic (exact) mass is 606 g/mol. The SMILES string of the molecule is COc1cc2cc(c1)Oc1ccc(cc1)C[C@H]1c3c(cc4c(c3Oc3cc5c(cc3OC)CCN(C)[C@@H]5C2)OCO4)CCN1C. The third-order valence-corrected chi connectivity index (χ3v) is 9.80. The number of hydrogen-bond acceptors (Lipinski definition) is 8. The minimum atomic E-state index is 0.0762. The second kappa shape index (κ2) is 11.2. The van der Waals surface area contributed by atoms with Crippen LogP contribution in [0.1, 0.15) is 45.5 Å². The van der Waals surface area contributed by atoms with Gasteiger partial charge in [-0.05, 0) is 110 Å². The summed E-state index contributed by atoms with van der Waals surface area (Å²) in [4.78, 5) is 4.83. The Morgan fingerprint density at radius 1 is 0.667 bits per heavy atom. The average Bonchev–Trinajstić information content (AvgIpc) is 3.52. The third kappa shape index (κ3) is 5.02. The van der Waals surface area contributed by atoms with E-state index in [0.29, 0.717) is 23.0 Å². The summed E-state index contributed by atoms with van der Waals surface area (Å²) in [6.45, 7) is 2.05. The Labute approximate surface area is 264 Å². The van der Waals surface area contributed by atoms with Gasteiger partial charge in [0.05, 0.1) is 14.2 Å². The molecule has 4 aromatic carbocycles. The second-order valence-electron chi connectivity index (χ2n) is 12.5. The van der Waals surface area contributed by atoms with Crippen molar-refractivity contribution in [1.82, 2.24) is 9.80 Å². The predicted molar refractivity (Wildman–Crippen MR) is 171 cm³/mol. The molecule has 8 nitrogen and oxygen atoms in total. The lowest BCUT2D eigenvalue weighted by Crippen LogP contribution is -2.34. The fraction of sp³-hybridized carbons (Fsp3) is 0.351. The largest absolute Gasteiger partial charge is 0.497 e. The van der Waals surface area contributed by atoms with E-state index in [9.17, 15) is 0 Å². The Hall–Kier alpha value is -4.40. The van der Waals surface area contributed by atoms with E-state index in [1.807, 2.05) is 6.07 Å². The van der Waals surface area contributed by atoms with Crippen LogP contribution in [0.5, 0.6) is 46.0 Å². The van der Waals surface area contributed by atoms with E-state index in [1.165, 1.54) is 22.3 Å². The van der Waals surface area contributed by atoms with E-state index in [4.69, 9.17) is 28.4 Å². The molecule has 9 rings (SSSR count). The van der Waals surface area contributed by atoms with E-state index in [1.54, 1.807) is 14.2 Å². The number of likely N-dealkylation sites (N-methyl/N-ethyl adjacent to an activating group) is 2. The zero-order valence-electron chi connectivity index (χ0n) is 26.2. The van der Waals surface area contributed by atoms with Gasteiger partial charge in [-0.3, -0.25) is 9.80 Å². The number of ether oxygens (including phenoxy) is 6. The van der Waals surface area contributed by atoms with Gasteiger partial charge in [0.15, 0.2) is 23.0 Å². The Balaban J connectivity index is 1.34. The first kappa shape index (κ1) is 28.1. The van der Waals surface area contributed by atoms with Crippen molar-refractivity contribution < 1.29 is 28.4 Å². The van der Waals surface area contributed by atoms with E-state index in [2.05, 4.69) is 78.5 Å². The van der Waals surface area contributed by atoms with Gasteiger partial charge < -0.3 is 28.4 Å². The van der Waals surface area contributed by atoms with Crippen LogP contribution in [0.25, 0.3) is 0 Å². The minimum absolute atomic E-state index is 0.0762. The lowest BCUT2D eigenvalue weighted by atomic mass is 9.87. The zero-order valence-corrected chi connectivity index (χ0v) is 26.2. The molecule has 5 heterocycles. The molecule has 0 fully saturated rings. The Bertz CT molecular complexity index is 1770. The van der Waals surface area contributed by atoms with E-state index in [-0.39, 0.29) is 18.9 Å². The van der Waals surface area contributed by atoms with Crippen LogP contribution in [0, 0.1) is 0 Å². The van der Waals surface area contributed by atoms with Gasteiger partial charge in [0.2, 0.25) is 12.5 Å². The van der Waals surface area contributed by atoms with Gasteiger partial charge in [-0.15, -0.1) is 0 Å². The van der Waals surface area contributed by atoms with Crippen molar-refractivity contribution in [1.29, 1.82) is 0 Å². The number of nitrogens with zero attached hydrogens (tertiary/aromatic N) is 2. The van der Waals surface area contributed by atoms with Gasteiger partial charge in [-0.2, -0.15) is 0 Å². The minimum Gasteiger partial charge on any atom is -0.497 e. The van der Waals surface area contributed by atoms with Crippen molar-refractivity contribution in [3.63, 3.8) is 0 Å². The molecule has 6 bridgehead atoms. The summed E-state index contributed by atoms with van der Waals surface area (Å²) in [7, 11) is 7.79. The molecule has 5 aliphatic heterocycles. The standard InChI is InChI=1S/C37H38N2O6/c1-38-11-9-24-17-32(41-4)33-20-29(24)30(38)16-23-13-27(40-3)19-28(14-23)44-26-7-5-22(6-8-26)15-31-35-25(10-12-39(31)2)18-34-36(37(35)45-33)43-21-42-34/h5-8,13-14,17-20,30-31H,9-12,15-16,21H2,1-4H3/t30-,31+/m1/s1. The van der Waals surface area contributed by atoms with Crippen LogP contribution < -0.4 is 28.4 Å². The lowest BCUT2D eigenvalue weighted by molar-refractivity contribution is 0.171. The molecule has 0 saturated heterocycles. The molecule has 0 N–H and O–H groups in total.